The fraction of sp³-hybridized carbons (Fsp3) is 0.480. The molecule has 2 aliphatic heterocycles. The van der Waals surface area contributed by atoms with Crippen molar-refractivity contribution in [2.24, 2.45) is 11.3 Å². The number of anilines is 1. The monoisotopic (exact) mass is 459 g/mol. The van der Waals surface area contributed by atoms with Crippen LogP contribution in [0.1, 0.15) is 48.8 Å². The summed E-state index contributed by atoms with van der Waals surface area (Å²) in [5, 5.41) is 1.65. The van der Waals surface area contributed by atoms with E-state index in [2.05, 4.69) is 30.9 Å². The molecule has 1 saturated carbocycles. The zero-order valence-electron chi connectivity index (χ0n) is 19.6. The minimum atomic E-state index is -0.0581. The number of aryl methyl sites for hydroxylation is 2. The van der Waals surface area contributed by atoms with Gasteiger partial charge in [-0.15, -0.1) is 0 Å². The Labute approximate surface area is 198 Å². The molecule has 3 fully saturated rings. The lowest BCUT2D eigenvalue weighted by atomic mass is 9.81. The predicted molar refractivity (Wildman–Crippen MR) is 125 cm³/mol. The third-order valence-corrected chi connectivity index (χ3v) is 7.60. The minimum absolute atomic E-state index is 0.00655. The molecule has 6 rings (SSSR count). The third-order valence-electron chi connectivity index (χ3n) is 7.60. The molecule has 2 atom stereocenters. The standard InChI is InChI=1S/C25H29N7O2/c1-17-3-4-19(14-27-17)21-6-12-34-32(21)24(33)20-5-10-30(15-25(20)7-8-25)22-13-23(29-16-28-22)31-11-9-26-18(31)2/h3-4,9,11,13-14,16,20-21H,5-8,10,12,15H2,1-2H3/t20?,21-/m0/s1. The summed E-state index contributed by atoms with van der Waals surface area (Å²) >= 11 is 0. The minimum Gasteiger partial charge on any atom is -0.356 e. The van der Waals surface area contributed by atoms with Crippen LogP contribution in [0.4, 0.5) is 5.82 Å². The van der Waals surface area contributed by atoms with Crippen molar-refractivity contribution in [1.29, 1.82) is 0 Å². The van der Waals surface area contributed by atoms with Crippen LogP contribution in [-0.2, 0) is 9.63 Å². The van der Waals surface area contributed by atoms with Crippen LogP contribution in [0, 0.1) is 25.2 Å². The quantitative estimate of drug-likeness (QED) is 0.592. The highest BCUT2D eigenvalue weighted by atomic mass is 16.7. The van der Waals surface area contributed by atoms with Gasteiger partial charge >= 0.3 is 0 Å². The van der Waals surface area contributed by atoms with Crippen molar-refractivity contribution in [1.82, 2.24) is 29.6 Å². The normalized spacial score (nSPS) is 23.5. The summed E-state index contributed by atoms with van der Waals surface area (Å²) in [4.78, 5) is 39.6. The molecule has 176 valence electrons. The van der Waals surface area contributed by atoms with Crippen LogP contribution in [0.5, 0.6) is 0 Å². The van der Waals surface area contributed by atoms with E-state index in [0.29, 0.717) is 6.61 Å². The van der Waals surface area contributed by atoms with Gasteiger partial charge in [0.15, 0.2) is 0 Å². The van der Waals surface area contributed by atoms with Crippen LogP contribution in [0.15, 0.2) is 43.1 Å². The molecule has 3 aromatic rings. The van der Waals surface area contributed by atoms with Crippen molar-refractivity contribution in [3.8, 4) is 5.82 Å². The number of aromatic nitrogens is 5. The Bertz CT molecular complexity index is 1200. The van der Waals surface area contributed by atoms with E-state index >= 15 is 0 Å². The molecule has 1 unspecified atom stereocenters. The lowest BCUT2D eigenvalue weighted by molar-refractivity contribution is -0.185. The van der Waals surface area contributed by atoms with Crippen LogP contribution in [0.25, 0.3) is 5.82 Å². The van der Waals surface area contributed by atoms with Gasteiger partial charge in [-0.05, 0) is 50.2 Å². The summed E-state index contributed by atoms with van der Waals surface area (Å²) in [6.07, 6.45) is 10.9. The number of carbonyl (C=O) groups excluding carboxylic acids is 1. The summed E-state index contributed by atoms with van der Waals surface area (Å²) in [6, 6.07) is 6.01. The van der Waals surface area contributed by atoms with Gasteiger partial charge < -0.3 is 4.90 Å². The lowest BCUT2D eigenvalue weighted by Gasteiger charge is -2.40. The SMILES string of the molecule is Cc1ccc([C@@H]2CCON2C(=O)C2CCN(c3cc(-n4ccnc4C)ncn3)CC23CC3)cn1. The van der Waals surface area contributed by atoms with Gasteiger partial charge in [0.25, 0.3) is 5.91 Å². The Morgan fingerprint density at radius 3 is 2.68 bits per heavy atom. The van der Waals surface area contributed by atoms with Crippen molar-refractivity contribution in [3.05, 3.63) is 60.2 Å². The molecule has 1 spiro atoms. The van der Waals surface area contributed by atoms with E-state index in [4.69, 9.17) is 4.84 Å². The Balaban J connectivity index is 1.20. The highest BCUT2D eigenvalue weighted by molar-refractivity contribution is 5.80. The van der Waals surface area contributed by atoms with E-state index in [9.17, 15) is 4.79 Å². The second-order valence-electron chi connectivity index (χ2n) is 9.74. The largest absolute Gasteiger partial charge is 0.356 e. The average molecular weight is 460 g/mol. The maximum Gasteiger partial charge on any atom is 0.250 e. The van der Waals surface area contributed by atoms with Gasteiger partial charge in [0, 0.05) is 55.8 Å². The number of piperidine rings is 1. The topological polar surface area (TPSA) is 89.3 Å². The first kappa shape index (κ1) is 21.2. The highest BCUT2D eigenvalue weighted by Gasteiger charge is 2.57. The van der Waals surface area contributed by atoms with Gasteiger partial charge in [-0.25, -0.2) is 20.0 Å². The zero-order chi connectivity index (χ0) is 23.3. The van der Waals surface area contributed by atoms with Crippen molar-refractivity contribution in [2.45, 2.75) is 45.6 Å². The third kappa shape index (κ3) is 3.64. The molecular formula is C25H29N7O2. The van der Waals surface area contributed by atoms with E-state index in [0.717, 1.165) is 67.5 Å². The molecule has 3 aliphatic rings. The number of hydrogen-bond acceptors (Lipinski definition) is 7. The number of carbonyl (C=O) groups is 1. The fourth-order valence-electron chi connectivity index (χ4n) is 5.49. The number of rotatable bonds is 4. The van der Waals surface area contributed by atoms with E-state index in [1.165, 1.54) is 0 Å². The van der Waals surface area contributed by atoms with Gasteiger partial charge in [0.05, 0.1) is 12.6 Å². The Morgan fingerprint density at radius 2 is 1.94 bits per heavy atom. The first-order chi connectivity index (χ1) is 16.5. The summed E-state index contributed by atoms with van der Waals surface area (Å²) in [5.41, 5.74) is 2.01. The number of hydroxylamine groups is 2. The Hall–Kier alpha value is -3.33. The molecule has 9 heteroatoms. The molecule has 0 radical (unpaired) electrons. The van der Waals surface area contributed by atoms with Gasteiger partial charge in [-0.1, -0.05) is 6.07 Å². The molecular weight excluding hydrogens is 430 g/mol. The first-order valence-electron chi connectivity index (χ1n) is 12.0. The van der Waals surface area contributed by atoms with E-state index in [1.807, 2.05) is 42.9 Å². The first-order valence-corrected chi connectivity index (χ1v) is 12.0. The molecule has 0 aromatic carbocycles. The predicted octanol–water partition coefficient (Wildman–Crippen LogP) is 3.19. The maximum atomic E-state index is 13.7. The molecule has 2 saturated heterocycles. The highest BCUT2D eigenvalue weighted by Crippen LogP contribution is 2.57. The van der Waals surface area contributed by atoms with Crippen molar-refractivity contribution < 1.29 is 9.63 Å². The molecule has 0 N–H and O–H groups in total. The molecule has 3 aromatic heterocycles. The molecule has 0 bridgehead atoms. The van der Waals surface area contributed by atoms with Crippen molar-refractivity contribution in [2.75, 3.05) is 24.6 Å². The zero-order valence-corrected chi connectivity index (χ0v) is 19.6. The van der Waals surface area contributed by atoms with Gasteiger partial charge in [0.1, 0.15) is 23.8 Å². The molecule has 5 heterocycles. The van der Waals surface area contributed by atoms with Crippen LogP contribution in [0.3, 0.4) is 0 Å². The second-order valence-corrected chi connectivity index (χ2v) is 9.74. The smallest absolute Gasteiger partial charge is 0.250 e. The maximum absolute atomic E-state index is 13.7. The number of pyridine rings is 1. The number of hydrogen-bond donors (Lipinski definition) is 0. The van der Waals surface area contributed by atoms with Gasteiger partial charge in [0.2, 0.25) is 0 Å². The van der Waals surface area contributed by atoms with Crippen LogP contribution in [0.2, 0.25) is 0 Å². The fourth-order valence-corrected chi connectivity index (χ4v) is 5.49. The summed E-state index contributed by atoms with van der Waals surface area (Å²) in [7, 11) is 0. The number of amides is 1. The molecule has 1 aliphatic carbocycles. The van der Waals surface area contributed by atoms with Crippen molar-refractivity contribution in [3.63, 3.8) is 0 Å². The summed E-state index contributed by atoms with van der Waals surface area (Å²) < 4.78 is 1.96. The second kappa shape index (κ2) is 8.16. The number of imidazole rings is 1. The van der Waals surface area contributed by atoms with E-state index in [1.54, 1.807) is 17.6 Å². The molecule has 1 amide bonds. The van der Waals surface area contributed by atoms with E-state index in [-0.39, 0.29) is 23.3 Å². The average Bonchev–Trinajstić information content (AvgIpc) is 3.23. The van der Waals surface area contributed by atoms with Crippen LogP contribution < -0.4 is 4.90 Å². The molecule has 9 nitrogen and oxygen atoms in total. The van der Waals surface area contributed by atoms with Crippen molar-refractivity contribution >= 4 is 11.7 Å². The van der Waals surface area contributed by atoms with Gasteiger partial charge in [-0.2, -0.15) is 0 Å². The van der Waals surface area contributed by atoms with Crippen LogP contribution >= 0.6 is 0 Å². The molecule has 34 heavy (non-hydrogen) atoms. The summed E-state index contributed by atoms with van der Waals surface area (Å²) in [5.74, 6) is 2.69. The Morgan fingerprint density at radius 1 is 1.09 bits per heavy atom. The van der Waals surface area contributed by atoms with Gasteiger partial charge in [-0.3, -0.25) is 19.2 Å². The summed E-state index contributed by atoms with van der Waals surface area (Å²) in [6.45, 7) is 6.10. The Kier molecular flexibility index (Phi) is 5.09. The van der Waals surface area contributed by atoms with Crippen LogP contribution in [-0.4, -0.2) is 55.2 Å². The van der Waals surface area contributed by atoms with E-state index < -0.39 is 0 Å². The lowest BCUT2D eigenvalue weighted by Crippen LogP contribution is -2.49. The number of nitrogens with zero attached hydrogens (tertiary/aromatic N) is 7.